The normalized spacial score (nSPS) is 10.2. The van der Waals surface area contributed by atoms with E-state index in [1.807, 2.05) is 0 Å². The first-order chi connectivity index (χ1) is 11.5. The van der Waals surface area contributed by atoms with Gasteiger partial charge < -0.3 is 14.2 Å². The maximum Gasteiger partial charge on any atom is 0.350 e. The van der Waals surface area contributed by atoms with Crippen molar-refractivity contribution in [3.63, 3.8) is 0 Å². The summed E-state index contributed by atoms with van der Waals surface area (Å²) >= 11 is 1.07. The van der Waals surface area contributed by atoms with Gasteiger partial charge in [-0.1, -0.05) is 11.3 Å². The molecule has 0 fully saturated rings. The fraction of sp³-hybridized carbons (Fsp3) is 0.312. The Morgan fingerprint density at radius 1 is 1.17 bits per heavy atom. The van der Waals surface area contributed by atoms with E-state index < -0.39 is 5.97 Å². The van der Waals surface area contributed by atoms with Crippen molar-refractivity contribution in [2.75, 3.05) is 26.1 Å². The highest BCUT2D eigenvalue weighted by atomic mass is 32.1. The summed E-state index contributed by atoms with van der Waals surface area (Å²) in [4.78, 5) is 28.8. The first kappa shape index (κ1) is 17.7. The summed E-state index contributed by atoms with van der Waals surface area (Å²) < 4.78 is 15.2. The predicted octanol–water partition coefficient (Wildman–Crippen LogP) is 2.90. The lowest BCUT2D eigenvalue weighted by Crippen LogP contribution is -2.12. The third kappa shape index (κ3) is 4.02. The van der Waals surface area contributed by atoms with Crippen LogP contribution in [-0.2, 0) is 4.74 Å². The zero-order valence-electron chi connectivity index (χ0n) is 13.8. The summed E-state index contributed by atoms with van der Waals surface area (Å²) in [5, 5.41) is 2.99. The maximum absolute atomic E-state index is 12.4. The van der Waals surface area contributed by atoms with Crippen molar-refractivity contribution in [1.29, 1.82) is 0 Å². The Morgan fingerprint density at radius 2 is 1.79 bits per heavy atom. The number of hydrogen-bond acceptors (Lipinski definition) is 7. The molecule has 0 aliphatic carbocycles. The van der Waals surface area contributed by atoms with Crippen LogP contribution in [-0.4, -0.2) is 37.7 Å². The van der Waals surface area contributed by atoms with E-state index in [4.69, 9.17) is 14.2 Å². The highest BCUT2D eigenvalue weighted by Crippen LogP contribution is 2.26. The van der Waals surface area contributed by atoms with E-state index in [0.29, 0.717) is 32.8 Å². The number of hydrogen-bond donors (Lipinski definition) is 1. The monoisotopic (exact) mass is 350 g/mol. The molecule has 128 valence electrons. The van der Waals surface area contributed by atoms with Gasteiger partial charge in [-0.2, -0.15) is 0 Å². The van der Waals surface area contributed by atoms with Gasteiger partial charge in [-0.15, -0.1) is 0 Å². The number of methoxy groups -OCH3 is 2. The molecular weight excluding hydrogens is 332 g/mol. The number of esters is 1. The van der Waals surface area contributed by atoms with Gasteiger partial charge in [-0.3, -0.25) is 10.1 Å². The molecule has 7 nitrogen and oxygen atoms in total. The van der Waals surface area contributed by atoms with Crippen LogP contribution >= 0.6 is 11.3 Å². The van der Waals surface area contributed by atoms with E-state index in [0.717, 1.165) is 11.3 Å². The molecule has 2 aromatic rings. The first-order valence-corrected chi connectivity index (χ1v) is 7.99. The molecule has 0 spiro atoms. The number of ether oxygens (including phenoxy) is 3. The molecule has 0 radical (unpaired) electrons. The number of benzene rings is 1. The van der Waals surface area contributed by atoms with E-state index in [-0.39, 0.29) is 12.5 Å². The van der Waals surface area contributed by atoms with Gasteiger partial charge in [0.05, 0.1) is 26.5 Å². The fourth-order valence-electron chi connectivity index (χ4n) is 1.94. The minimum Gasteiger partial charge on any atom is -0.497 e. The molecule has 1 heterocycles. The van der Waals surface area contributed by atoms with Gasteiger partial charge in [0.2, 0.25) is 0 Å². The average molecular weight is 350 g/mol. The third-order valence-corrected chi connectivity index (χ3v) is 4.14. The van der Waals surface area contributed by atoms with Gasteiger partial charge in [-0.25, -0.2) is 9.78 Å². The molecule has 1 aromatic heterocycles. The van der Waals surface area contributed by atoms with Crippen molar-refractivity contribution in [3.05, 3.63) is 34.3 Å². The number of thiazole rings is 1. The Bertz CT molecular complexity index is 735. The van der Waals surface area contributed by atoms with Crippen molar-refractivity contribution in [3.8, 4) is 11.5 Å². The van der Waals surface area contributed by atoms with Gasteiger partial charge in [0.1, 0.15) is 16.4 Å². The lowest BCUT2D eigenvalue weighted by Gasteiger charge is -2.08. The number of nitrogens with zero attached hydrogens (tertiary/aromatic N) is 1. The second-order valence-corrected chi connectivity index (χ2v) is 5.71. The van der Waals surface area contributed by atoms with Crippen molar-refractivity contribution >= 4 is 28.3 Å². The molecule has 0 aliphatic heterocycles. The molecule has 8 heteroatoms. The van der Waals surface area contributed by atoms with Gasteiger partial charge in [0.15, 0.2) is 5.13 Å². The Balaban J connectivity index is 2.21. The first-order valence-electron chi connectivity index (χ1n) is 7.17. The zero-order valence-corrected chi connectivity index (χ0v) is 14.7. The fourth-order valence-corrected chi connectivity index (χ4v) is 2.80. The number of carbonyl (C=O) groups excluding carboxylic acids is 2. The van der Waals surface area contributed by atoms with E-state index in [1.165, 1.54) is 14.2 Å². The number of amides is 1. The molecule has 0 unspecified atom stereocenters. The van der Waals surface area contributed by atoms with Crippen LogP contribution in [0.4, 0.5) is 5.13 Å². The van der Waals surface area contributed by atoms with Crippen LogP contribution in [0.2, 0.25) is 0 Å². The topological polar surface area (TPSA) is 86.8 Å². The summed E-state index contributed by atoms with van der Waals surface area (Å²) in [7, 11) is 3.01. The number of nitrogens with one attached hydrogen (secondary N) is 1. The summed E-state index contributed by atoms with van der Waals surface area (Å²) in [5.74, 6) is 0.177. The standard InChI is InChI=1S/C16H18N2O5S/c1-5-23-15(20)13-9(2)17-16(24-13)18-14(19)10-6-11(21-3)8-12(7-10)22-4/h6-8H,5H2,1-4H3,(H,17,18,19). The molecule has 0 saturated carbocycles. The van der Waals surface area contributed by atoms with Crippen LogP contribution in [0.25, 0.3) is 0 Å². The highest BCUT2D eigenvalue weighted by Gasteiger charge is 2.18. The van der Waals surface area contributed by atoms with Crippen LogP contribution in [0.5, 0.6) is 11.5 Å². The van der Waals surface area contributed by atoms with Crippen LogP contribution in [0.3, 0.4) is 0 Å². The zero-order chi connectivity index (χ0) is 17.7. The van der Waals surface area contributed by atoms with Crippen molar-refractivity contribution in [1.82, 2.24) is 4.98 Å². The molecule has 0 saturated heterocycles. The molecular formula is C16H18N2O5S. The van der Waals surface area contributed by atoms with Gasteiger partial charge in [0, 0.05) is 11.6 Å². The second kappa shape index (κ2) is 7.78. The van der Waals surface area contributed by atoms with E-state index in [1.54, 1.807) is 32.0 Å². The minimum atomic E-state index is -0.448. The molecule has 1 amide bonds. The van der Waals surface area contributed by atoms with Gasteiger partial charge in [0.25, 0.3) is 5.91 Å². The Hall–Kier alpha value is -2.61. The molecule has 2 rings (SSSR count). The van der Waals surface area contributed by atoms with E-state index in [2.05, 4.69) is 10.3 Å². The Kier molecular flexibility index (Phi) is 5.75. The molecule has 0 aliphatic rings. The lowest BCUT2D eigenvalue weighted by molar-refractivity contribution is 0.0531. The SMILES string of the molecule is CCOC(=O)c1sc(NC(=O)c2cc(OC)cc(OC)c2)nc1C. The van der Waals surface area contributed by atoms with Crippen molar-refractivity contribution < 1.29 is 23.8 Å². The maximum atomic E-state index is 12.4. The summed E-state index contributed by atoms with van der Waals surface area (Å²) in [6, 6.07) is 4.85. The van der Waals surface area contributed by atoms with E-state index >= 15 is 0 Å². The summed E-state index contributed by atoms with van der Waals surface area (Å²) in [6.45, 7) is 3.70. The lowest BCUT2D eigenvalue weighted by atomic mass is 10.2. The second-order valence-electron chi connectivity index (χ2n) is 4.71. The summed E-state index contributed by atoms with van der Waals surface area (Å²) in [6.07, 6.45) is 0. The van der Waals surface area contributed by atoms with Crippen molar-refractivity contribution in [2.24, 2.45) is 0 Å². The quantitative estimate of drug-likeness (QED) is 0.806. The number of anilines is 1. The number of rotatable bonds is 6. The molecule has 1 aromatic carbocycles. The Morgan fingerprint density at radius 3 is 2.33 bits per heavy atom. The predicted molar refractivity (Wildman–Crippen MR) is 90.3 cm³/mol. The molecule has 24 heavy (non-hydrogen) atoms. The number of carbonyl (C=O) groups is 2. The smallest absolute Gasteiger partial charge is 0.350 e. The number of aromatic nitrogens is 1. The van der Waals surface area contributed by atoms with Crippen LogP contribution < -0.4 is 14.8 Å². The number of aryl methyl sites for hydroxylation is 1. The van der Waals surface area contributed by atoms with Crippen LogP contribution in [0.1, 0.15) is 32.6 Å². The molecule has 1 N–H and O–H groups in total. The van der Waals surface area contributed by atoms with Gasteiger partial charge >= 0.3 is 5.97 Å². The average Bonchev–Trinajstić information content (AvgIpc) is 2.94. The van der Waals surface area contributed by atoms with Crippen molar-refractivity contribution in [2.45, 2.75) is 13.8 Å². The molecule has 0 bridgehead atoms. The minimum absolute atomic E-state index is 0.279. The van der Waals surface area contributed by atoms with Gasteiger partial charge in [-0.05, 0) is 26.0 Å². The largest absolute Gasteiger partial charge is 0.497 e. The van der Waals surface area contributed by atoms with E-state index in [9.17, 15) is 9.59 Å². The Labute approximate surface area is 143 Å². The highest BCUT2D eigenvalue weighted by molar-refractivity contribution is 7.17. The third-order valence-electron chi connectivity index (χ3n) is 3.09. The van der Waals surface area contributed by atoms with Crippen LogP contribution in [0, 0.1) is 6.92 Å². The summed E-state index contributed by atoms with van der Waals surface area (Å²) in [5.41, 5.74) is 0.869. The molecule has 0 atom stereocenters. The van der Waals surface area contributed by atoms with Crippen LogP contribution in [0.15, 0.2) is 18.2 Å².